The molecule has 8 heteroatoms. The van der Waals surface area contributed by atoms with Gasteiger partial charge in [-0.2, -0.15) is 0 Å². The van der Waals surface area contributed by atoms with Gasteiger partial charge in [-0.25, -0.2) is 17.5 Å². The molecule has 0 aliphatic heterocycles. The van der Waals surface area contributed by atoms with Crippen LogP contribution in [-0.4, -0.2) is 57.4 Å². The van der Waals surface area contributed by atoms with Crippen LogP contribution in [0, 0.1) is 5.82 Å². The Labute approximate surface area is 184 Å². The number of amides is 1. The lowest BCUT2D eigenvalue weighted by Gasteiger charge is -2.25. The van der Waals surface area contributed by atoms with Gasteiger partial charge in [0.15, 0.2) is 0 Å². The van der Waals surface area contributed by atoms with Gasteiger partial charge in [0, 0.05) is 31.2 Å². The first-order valence-corrected chi connectivity index (χ1v) is 12.0. The van der Waals surface area contributed by atoms with E-state index in [9.17, 15) is 17.6 Å². The fourth-order valence-corrected chi connectivity index (χ4v) is 5.04. The third kappa shape index (κ3) is 6.59. The van der Waals surface area contributed by atoms with Crippen molar-refractivity contribution in [2.24, 2.45) is 0 Å². The Morgan fingerprint density at radius 2 is 1.74 bits per heavy atom. The van der Waals surface area contributed by atoms with Crippen LogP contribution in [0.4, 0.5) is 4.39 Å². The van der Waals surface area contributed by atoms with Gasteiger partial charge in [-0.15, -0.1) is 0 Å². The summed E-state index contributed by atoms with van der Waals surface area (Å²) in [6.45, 7) is 1.42. The summed E-state index contributed by atoms with van der Waals surface area (Å²) in [5, 5.41) is 0. The molecule has 1 N–H and O–H groups in total. The third-order valence-corrected chi connectivity index (χ3v) is 6.98. The molecule has 0 heterocycles. The summed E-state index contributed by atoms with van der Waals surface area (Å²) >= 11 is 0. The highest BCUT2D eigenvalue weighted by molar-refractivity contribution is 7.89. The Morgan fingerprint density at radius 1 is 1.06 bits per heavy atom. The zero-order valence-electron chi connectivity index (χ0n) is 18.1. The molecule has 6 nitrogen and oxygen atoms in total. The van der Waals surface area contributed by atoms with Crippen molar-refractivity contribution in [3.05, 3.63) is 65.5 Å². The van der Waals surface area contributed by atoms with Gasteiger partial charge < -0.3 is 9.80 Å². The highest BCUT2D eigenvalue weighted by Crippen LogP contribution is 2.21. The molecule has 31 heavy (non-hydrogen) atoms. The van der Waals surface area contributed by atoms with Crippen molar-refractivity contribution in [1.29, 1.82) is 0 Å². The number of hydrogen-bond acceptors (Lipinski definition) is 4. The van der Waals surface area contributed by atoms with Crippen molar-refractivity contribution < 1.29 is 17.6 Å². The first-order chi connectivity index (χ1) is 14.7. The molecule has 0 atom stereocenters. The van der Waals surface area contributed by atoms with E-state index in [4.69, 9.17) is 0 Å². The first kappa shape index (κ1) is 23.4. The van der Waals surface area contributed by atoms with Crippen molar-refractivity contribution >= 4 is 15.9 Å². The minimum Gasteiger partial charge on any atom is -0.333 e. The van der Waals surface area contributed by atoms with Crippen LogP contribution in [0.3, 0.4) is 0 Å². The minimum atomic E-state index is -3.69. The molecule has 1 saturated carbocycles. The maximum Gasteiger partial charge on any atom is 0.254 e. The summed E-state index contributed by atoms with van der Waals surface area (Å²) in [6, 6.07) is 12.2. The van der Waals surface area contributed by atoms with E-state index in [1.54, 1.807) is 29.2 Å². The number of carbonyl (C=O) groups is 1. The second-order valence-corrected chi connectivity index (χ2v) is 10.0. The predicted octanol–water partition coefficient (Wildman–Crippen LogP) is 3.25. The van der Waals surface area contributed by atoms with Gasteiger partial charge in [-0.05, 0) is 62.8 Å². The van der Waals surface area contributed by atoms with Crippen LogP contribution >= 0.6 is 0 Å². The van der Waals surface area contributed by atoms with Gasteiger partial charge in [0.05, 0.1) is 4.90 Å². The van der Waals surface area contributed by atoms with Crippen molar-refractivity contribution in [2.45, 2.75) is 43.2 Å². The summed E-state index contributed by atoms with van der Waals surface area (Å²) in [4.78, 5) is 17.0. The van der Waals surface area contributed by atoms with E-state index in [0.29, 0.717) is 25.2 Å². The molecule has 0 radical (unpaired) electrons. The number of rotatable bonds is 9. The lowest BCUT2D eigenvalue weighted by Crippen LogP contribution is -2.36. The predicted molar refractivity (Wildman–Crippen MR) is 119 cm³/mol. The normalized spacial score (nSPS) is 14.8. The van der Waals surface area contributed by atoms with Gasteiger partial charge in [0.25, 0.3) is 5.91 Å². The number of halogens is 1. The Morgan fingerprint density at radius 3 is 2.39 bits per heavy atom. The summed E-state index contributed by atoms with van der Waals surface area (Å²) in [5.74, 6) is -0.591. The molecule has 0 unspecified atom stereocenters. The third-order valence-electron chi connectivity index (χ3n) is 5.46. The highest BCUT2D eigenvalue weighted by Gasteiger charge is 2.24. The quantitative estimate of drug-likeness (QED) is 0.641. The molecule has 0 spiro atoms. The number of sulfonamides is 1. The molecule has 0 saturated heterocycles. The summed E-state index contributed by atoms with van der Waals surface area (Å²) in [5.41, 5.74) is 1.12. The van der Waals surface area contributed by atoms with E-state index in [-0.39, 0.29) is 22.7 Å². The molecular formula is C23H30FN3O3S. The van der Waals surface area contributed by atoms with Crippen LogP contribution in [-0.2, 0) is 16.6 Å². The molecule has 168 valence electrons. The van der Waals surface area contributed by atoms with E-state index in [2.05, 4.69) is 4.72 Å². The topological polar surface area (TPSA) is 69.7 Å². The minimum absolute atomic E-state index is 0.0422. The molecule has 1 fully saturated rings. The summed E-state index contributed by atoms with van der Waals surface area (Å²) in [7, 11) is 0.153. The molecule has 2 aromatic carbocycles. The molecular weight excluding hydrogens is 417 g/mol. The number of benzene rings is 2. The molecule has 0 aromatic heterocycles. The first-order valence-electron chi connectivity index (χ1n) is 10.6. The Balaban J connectivity index is 1.81. The smallest absolute Gasteiger partial charge is 0.254 e. The van der Waals surface area contributed by atoms with E-state index in [1.165, 1.54) is 24.3 Å². The summed E-state index contributed by atoms with van der Waals surface area (Å²) < 4.78 is 41.6. The van der Waals surface area contributed by atoms with Crippen LogP contribution in [0.15, 0.2) is 53.4 Å². The van der Waals surface area contributed by atoms with Crippen molar-refractivity contribution in [3.63, 3.8) is 0 Å². The zero-order valence-corrected chi connectivity index (χ0v) is 18.9. The number of hydrogen-bond donors (Lipinski definition) is 1. The van der Waals surface area contributed by atoms with Gasteiger partial charge in [0.1, 0.15) is 5.82 Å². The monoisotopic (exact) mass is 447 g/mol. The van der Waals surface area contributed by atoms with Gasteiger partial charge in [-0.1, -0.05) is 31.0 Å². The van der Waals surface area contributed by atoms with Crippen LogP contribution in [0.5, 0.6) is 0 Å². The largest absolute Gasteiger partial charge is 0.333 e. The average Bonchev–Trinajstić information content (AvgIpc) is 3.24. The van der Waals surface area contributed by atoms with Gasteiger partial charge in [0.2, 0.25) is 10.0 Å². The van der Waals surface area contributed by atoms with Gasteiger partial charge in [-0.3, -0.25) is 4.79 Å². The average molecular weight is 448 g/mol. The Kier molecular flexibility index (Phi) is 7.80. The second-order valence-electron chi connectivity index (χ2n) is 8.29. The number of nitrogens with one attached hydrogen (secondary N) is 1. The Hall–Kier alpha value is -2.29. The van der Waals surface area contributed by atoms with Crippen LogP contribution in [0.25, 0.3) is 0 Å². The lowest BCUT2D eigenvalue weighted by atomic mass is 10.1. The molecule has 1 aliphatic carbocycles. The molecule has 1 aliphatic rings. The van der Waals surface area contributed by atoms with E-state index >= 15 is 0 Å². The van der Waals surface area contributed by atoms with Crippen LogP contribution in [0.2, 0.25) is 0 Å². The molecule has 2 aromatic rings. The maximum atomic E-state index is 13.3. The van der Waals surface area contributed by atoms with Crippen molar-refractivity contribution in [1.82, 2.24) is 14.5 Å². The number of carbonyl (C=O) groups excluding carboxylic acids is 1. The molecule has 1 amide bonds. The zero-order chi connectivity index (χ0) is 22.4. The van der Waals surface area contributed by atoms with Crippen LogP contribution < -0.4 is 4.72 Å². The standard InChI is InChI=1S/C23H30FN3O3S/c1-26(2)14-15-27(17-18-10-12-20(24)13-11-18)23(28)19-6-5-9-22(16-19)31(29,30)25-21-7-3-4-8-21/h5-6,9-13,16,21,25H,3-4,7-8,14-15,17H2,1-2H3. The second kappa shape index (κ2) is 10.3. The van der Waals surface area contributed by atoms with Crippen molar-refractivity contribution in [2.75, 3.05) is 27.2 Å². The van der Waals surface area contributed by atoms with Gasteiger partial charge >= 0.3 is 0 Å². The number of likely N-dealkylation sites (N-methyl/N-ethyl adjacent to an activating group) is 1. The number of nitrogens with zero attached hydrogens (tertiary/aromatic N) is 2. The Bertz CT molecular complexity index is 987. The highest BCUT2D eigenvalue weighted by atomic mass is 32.2. The van der Waals surface area contributed by atoms with Crippen molar-refractivity contribution in [3.8, 4) is 0 Å². The summed E-state index contributed by atoms with van der Waals surface area (Å²) in [6.07, 6.45) is 3.73. The van der Waals surface area contributed by atoms with Crippen LogP contribution in [0.1, 0.15) is 41.6 Å². The fraction of sp³-hybridized carbons (Fsp3) is 0.435. The van der Waals surface area contributed by atoms with E-state index < -0.39 is 10.0 Å². The molecule has 0 bridgehead atoms. The van der Waals surface area contributed by atoms with E-state index in [0.717, 1.165) is 31.2 Å². The SMILES string of the molecule is CN(C)CCN(Cc1ccc(F)cc1)C(=O)c1cccc(S(=O)(=O)NC2CCCC2)c1. The lowest BCUT2D eigenvalue weighted by molar-refractivity contribution is 0.0731. The van der Waals surface area contributed by atoms with E-state index in [1.807, 2.05) is 19.0 Å². The molecule has 3 rings (SSSR count). The fourth-order valence-electron chi connectivity index (χ4n) is 3.69. The maximum absolute atomic E-state index is 13.3.